The normalized spacial score (nSPS) is 11.9. The highest BCUT2D eigenvalue weighted by molar-refractivity contribution is 5.98. The molecule has 0 aliphatic heterocycles. The van der Waals surface area contributed by atoms with Crippen LogP contribution in [0.4, 0.5) is 11.5 Å². The van der Waals surface area contributed by atoms with Gasteiger partial charge in [-0.2, -0.15) is 0 Å². The van der Waals surface area contributed by atoms with E-state index in [1.807, 2.05) is 4.57 Å². The number of anilines is 2. The van der Waals surface area contributed by atoms with Gasteiger partial charge in [-0.25, -0.2) is 9.97 Å². The molecule has 0 bridgehead atoms. The summed E-state index contributed by atoms with van der Waals surface area (Å²) in [6, 6.07) is 0.221. The molecule has 0 fully saturated rings. The lowest BCUT2D eigenvalue weighted by atomic mass is 10.1. The van der Waals surface area contributed by atoms with E-state index in [1.54, 1.807) is 0 Å². The molecule has 0 amide bonds. The van der Waals surface area contributed by atoms with Gasteiger partial charge in [0.05, 0.1) is 16.8 Å². The van der Waals surface area contributed by atoms with Crippen LogP contribution in [0.5, 0.6) is 0 Å². The average Bonchev–Trinajstić information content (AvgIpc) is 2.61. The molecule has 2 aromatic heterocycles. The number of hydrogen-bond acceptors (Lipinski definition) is 4. The summed E-state index contributed by atoms with van der Waals surface area (Å²) >= 11 is 0. The summed E-state index contributed by atoms with van der Waals surface area (Å²) in [4.78, 5) is 9.41. The molecule has 0 spiro atoms. The van der Waals surface area contributed by atoms with Crippen LogP contribution in [0, 0.1) is 0 Å². The lowest BCUT2D eigenvalue weighted by Crippen LogP contribution is -2.08. The molecule has 0 unspecified atom stereocenters. The average molecular weight is 275 g/mol. The van der Waals surface area contributed by atoms with Crippen LogP contribution < -0.4 is 11.5 Å². The maximum atomic E-state index is 6.21. The second kappa shape index (κ2) is 5.31. The highest BCUT2D eigenvalue weighted by Gasteiger charge is 2.22. The lowest BCUT2D eigenvalue weighted by Gasteiger charge is -2.13. The van der Waals surface area contributed by atoms with Crippen LogP contribution in [0.1, 0.15) is 64.5 Å². The van der Waals surface area contributed by atoms with Crippen molar-refractivity contribution in [2.45, 2.75) is 59.4 Å². The fourth-order valence-corrected chi connectivity index (χ4v) is 2.59. The molecule has 4 N–H and O–H groups in total. The van der Waals surface area contributed by atoms with Gasteiger partial charge < -0.3 is 16.0 Å². The van der Waals surface area contributed by atoms with Gasteiger partial charge in [-0.1, -0.05) is 20.8 Å². The molecule has 110 valence electrons. The summed E-state index contributed by atoms with van der Waals surface area (Å²) in [7, 11) is 0. The number of aryl methyl sites for hydroxylation is 1. The van der Waals surface area contributed by atoms with Gasteiger partial charge in [0.25, 0.3) is 0 Å². The Balaban J connectivity index is 2.86. The fraction of sp³-hybridized carbons (Fsp3) is 0.600. The van der Waals surface area contributed by atoms with Crippen LogP contribution in [0.25, 0.3) is 11.0 Å². The van der Waals surface area contributed by atoms with Crippen molar-refractivity contribution in [3.63, 3.8) is 0 Å². The van der Waals surface area contributed by atoms with Crippen LogP contribution in [0.2, 0.25) is 0 Å². The highest BCUT2D eigenvalue weighted by atomic mass is 15.1. The van der Waals surface area contributed by atoms with E-state index < -0.39 is 0 Å². The van der Waals surface area contributed by atoms with E-state index in [0.29, 0.717) is 17.4 Å². The fourth-order valence-electron chi connectivity index (χ4n) is 2.59. The summed E-state index contributed by atoms with van der Waals surface area (Å²) in [6.07, 6.45) is 1.90. The first-order chi connectivity index (χ1) is 9.38. The predicted molar refractivity (Wildman–Crippen MR) is 84.8 cm³/mol. The van der Waals surface area contributed by atoms with E-state index in [2.05, 4.69) is 34.6 Å². The van der Waals surface area contributed by atoms with Gasteiger partial charge in [0.2, 0.25) is 0 Å². The Bertz CT molecular complexity index is 625. The highest BCUT2D eigenvalue weighted by Crippen LogP contribution is 2.36. The third kappa shape index (κ3) is 2.21. The first-order valence-corrected chi connectivity index (χ1v) is 7.34. The van der Waals surface area contributed by atoms with Crippen molar-refractivity contribution in [1.29, 1.82) is 0 Å². The summed E-state index contributed by atoms with van der Waals surface area (Å²) in [5.41, 5.74) is 14.9. The molecule has 0 saturated carbocycles. The van der Waals surface area contributed by atoms with Crippen molar-refractivity contribution in [2.75, 3.05) is 11.5 Å². The summed E-state index contributed by atoms with van der Waals surface area (Å²) in [6.45, 7) is 10.6. The van der Waals surface area contributed by atoms with Gasteiger partial charge >= 0.3 is 0 Å². The van der Waals surface area contributed by atoms with E-state index >= 15 is 0 Å². The van der Waals surface area contributed by atoms with E-state index in [9.17, 15) is 0 Å². The Hall–Kier alpha value is -1.78. The number of nitrogens with two attached hydrogens (primary N) is 2. The number of aromatic nitrogens is 3. The Morgan fingerprint density at radius 2 is 1.75 bits per heavy atom. The molecule has 20 heavy (non-hydrogen) atoms. The van der Waals surface area contributed by atoms with Crippen molar-refractivity contribution in [3.05, 3.63) is 11.5 Å². The van der Waals surface area contributed by atoms with Crippen molar-refractivity contribution < 1.29 is 0 Å². The zero-order valence-electron chi connectivity index (χ0n) is 13.1. The number of nitrogens with zero attached hydrogens (tertiary/aromatic N) is 3. The molecule has 0 atom stereocenters. The van der Waals surface area contributed by atoms with Gasteiger partial charge in [-0.15, -0.1) is 0 Å². The van der Waals surface area contributed by atoms with Crippen LogP contribution in [0.15, 0.2) is 0 Å². The molecular formula is C15H25N5. The smallest absolute Gasteiger partial charge is 0.147 e. The van der Waals surface area contributed by atoms with Crippen molar-refractivity contribution >= 4 is 22.5 Å². The molecule has 5 nitrogen and oxygen atoms in total. The SMILES string of the molecule is CCCc1nc(C(C)C)c2c(N)c(N)n(C(C)C)c2n1. The minimum Gasteiger partial charge on any atom is -0.395 e. The molecule has 2 heterocycles. The summed E-state index contributed by atoms with van der Waals surface area (Å²) < 4.78 is 2.01. The molecule has 2 aromatic rings. The van der Waals surface area contributed by atoms with Crippen LogP contribution in [-0.4, -0.2) is 14.5 Å². The van der Waals surface area contributed by atoms with Crippen molar-refractivity contribution in [1.82, 2.24) is 14.5 Å². The van der Waals surface area contributed by atoms with E-state index in [1.165, 1.54) is 0 Å². The lowest BCUT2D eigenvalue weighted by molar-refractivity contribution is 0.623. The first-order valence-electron chi connectivity index (χ1n) is 7.34. The zero-order valence-corrected chi connectivity index (χ0v) is 13.1. The Morgan fingerprint density at radius 3 is 2.25 bits per heavy atom. The van der Waals surface area contributed by atoms with Crippen LogP contribution in [0.3, 0.4) is 0 Å². The second-order valence-corrected chi connectivity index (χ2v) is 5.89. The number of hydrogen-bond donors (Lipinski definition) is 2. The maximum Gasteiger partial charge on any atom is 0.147 e. The van der Waals surface area contributed by atoms with Gasteiger partial charge in [-0.05, 0) is 26.2 Å². The van der Waals surface area contributed by atoms with Crippen molar-refractivity contribution in [2.24, 2.45) is 0 Å². The number of rotatable bonds is 4. The quantitative estimate of drug-likeness (QED) is 0.897. The standard InChI is InChI=1S/C15H25N5/c1-6-7-10-18-13(8(2)3)11-12(16)14(17)20(9(4)5)15(11)19-10/h8-9H,6-7,16-17H2,1-5H3. The number of nitrogen functional groups attached to an aromatic ring is 2. The molecule has 0 aromatic carbocycles. The largest absolute Gasteiger partial charge is 0.395 e. The summed E-state index contributed by atoms with van der Waals surface area (Å²) in [5, 5.41) is 0.922. The monoisotopic (exact) mass is 275 g/mol. The first kappa shape index (κ1) is 14.6. The van der Waals surface area contributed by atoms with E-state index in [4.69, 9.17) is 21.4 Å². The topological polar surface area (TPSA) is 82.7 Å². The Morgan fingerprint density at radius 1 is 1.10 bits per heavy atom. The third-order valence-electron chi connectivity index (χ3n) is 3.53. The molecule has 0 saturated heterocycles. The van der Waals surface area contributed by atoms with Gasteiger partial charge in [0, 0.05) is 12.5 Å². The van der Waals surface area contributed by atoms with Crippen LogP contribution in [-0.2, 0) is 6.42 Å². The minimum absolute atomic E-state index is 0.221. The summed E-state index contributed by atoms with van der Waals surface area (Å²) in [5.74, 6) is 1.77. The molecule has 0 radical (unpaired) electrons. The van der Waals surface area contributed by atoms with E-state index in [-0.39, 0.29) is 6.04 Å². The Kier molecular flexibility index (Phi) is 3.88. The molecule has 2 rings (SSSR count). The Labute approximate surface area is 120 Å². The van der Waals surface area contributed by atoms with Crippen molar-refractivity contribution in [3.8, 4) is 0 Å². The molecule has 0 aliphatic rings. The number of fused-ring (bicyclic) bond motifs is 1. The minimum atomic E-state index is 0.221. The second-order valence-electron chi connectivity index (χ2n) is 5.89. The van der Waals surface area contributed by atoms with E-state index in [0.717, 1.165) is 35.4 Å². The molecular weight excluding hydrogens is 250 g/mol. The zero-order chi connectivity index (χ0) is 15.0. The van der Waals surface area contributed by atoms with Gasteiger partial charge in [0.1, 0.15) is 17.3 Å². The van der Waals surface area contributed by atoms with Gasteiger partial charge in [0.15, 0.2) is 0 Å². The van der Waals surface area contributed by atoms with Crippen LogP contribution >= 0.6 is 0 Å². The maximum absolute atomic E-state index is 6.21. The van der Waals surface area contributed by atoms with Gasteiger partial charge in [-0.3, -0.25) is 0 Å². The molecule has 5 heteroatoms. The molecule has 0 aliphatic carbocycles. The predicted octanol–water partition coefficient (Wildman–Crippen LogP) is 3.25. The third-order valence-corrected chi connectivity index (χ3v) is 3.53.